The van der Waals surface area contributed by atoms with Gasteiger partial charge in [-0.25, -0.2) is 4.79 Å². The first-order valence-corrected chi connectivity index (χ1v) is 12.0. The van der Waals surface area contributed by atoms with E-state index in [4.69, 9.17) is 15.9 Å². The number of alkyl carbamates (subject to hydrolysis) is 1. The molecule has 9 heteroatoms. The van der Waals surface area contributed by atoms with E-state index in [0.717, 1.165) is 16.0 Å². The number of ether oxygens (including phenoxy) is 2. The maximum atomic E-state index is 13.6. The van der Waals surface area contributed by atoms with Crippen molar-refractivity contribution in [3.05, 3.63) is 34.9 Å². The monoisotopic (exact) mass is 501 g/mol. The minimum Gasteiger partial charge on any atom is -0.466 e. The lowest BCUT2D eigenvalue weighted by molar-refractivity contribution is -0.143. The zero-order chi connectivity index (χ0) is 27.6. The number of esters is 1. The summed E-state index contributed by atoms with van der Waals surface area (Å²) < 4.78 is 10.2. The van der Waals surface area contributed by atoms with Crippen LogP contribution in [-0.2, 0) is 23.9 Å². The highest BCUT2D eigenvalue weighted by atomic mass is 16.6. The van der Waals surface area contributed by atoms with Crippen molar-refractivity contribution >= 4 is 23.9 Å². The van der Waals surface area contributed by atoms with E-state index in [1.54, 1.807) is 53.7 Å². The van der Waals surface area contributed by atoms with Gasteiger partial charge in [0.05, 0.1) is 13.0 Å². The van der Waals surface area contributed by atoms with Gasteiger partial charge in [0.1, 0.15) is 17.7 Å². The fourth-order valence-electron chi connectivity index (χ4n) is 3.33. The van der Waals surface area contributed by atoms with Gasteiger partial charge in [-0.05, 0) is 64.2 Å². The van der Waals surface area contributed by atoms with Crippen LogP contribution in [0.3, 0.4) is 0 Å². The molecule has 1 aromatic carbocycles. The van der Waals surface area contributed by atoms with Crippen molar-refractivity contribution in [2.45, 2.75) is 79.5 Å². The van der Waals surface area contributed by atoms with E-state index in [2.05, 4.69) is 16.7 Å². The van der Waals surface area contributed by atoms with Crippen LogP contribution < -0.4 is 10.6 Å². The Balaban J connectivity index is 3.32. The molecule has 9 nitrogen and oxygen atoms in total. The van der Waals surface area contributed by atoms with Gasteiger partial charge in [-0.2, -0.15) is 0 Å². The lowest BCUT2D eigenvalue weighted by Crippen LogP contribution is -2.53. The fraction of sp³-hybridized carbons (Fsp3) is 0.556. The molecule has 0 aliphatic heterocycles. The normalized spacial score (nSPS) is 12.7. The van der Waals surface area contributed by atoms with E-state index in [1.807, 2.05) is 19.9 Å². The first kappa shape index (κ1) is 30.5. The Hall–Kier alpha value is -3.54. The number of amides is 3. The molecule has 2 N–H and O–H groups in total. The first-order chi connectivity index (χ1) is 16.7. The van der Waals surface area contributed by atoms with E-state index in [0.29, 0.717) is 5.56 Å². The predicted octanol–water partition coefficient (Wildman–Crippen LogP) is 3.38. The van der Waals surface area contributed by atoms with Crippen LogP contribution in [0.1, 0.15) is 70.7 Å². The Morgan fingerprint density at radius 1 is 1.11 bits per heavy atom. The predicted molar refractivity (Wildman–Crippen MR) is 137 cm³/mol. The third kappa shape index (κ3) is 9.25. The van der Waals surface area contributed by atoms with Gasteiger partial charge in [0.15, 0.2) is 0 Å². The summed E-state index contributed by atoms with van der Waals surface area (Å²) in [5.41, 5.74) is 1.65. The van der Waals surface area contributed by atoms with E-state index >= 15 is 0 Å². The molecule has 1 rings (SSSR count). The van der Waals surface area contributed by atoms with Gasteiger partial charge in [0.2, 0.25) is 5.91 Å². The molecule has 0 saturated carbocycles. The number of aryl methyl sites for hydroxylation is 2. The minimum atomic E-state index is -1.19. The summed E-state index contributed by atoms with van der Waals surface area (Å²) in [6.45, 7) is 14.4. The van der Waals surface area contributed by atoms with Gasteiger partial charge in [-0.3, -0.25) is 19.3 Å². The van der Waals surface area contributed by atoms with Crippen molar-refractivity contribution in [2.24, 2.45) is 5.92 Å². The van der Waals surface area contributed by atoms with E-state index in [1.165, 1.54) is 0 Å². The van der Waals surface area contributed by atoms with Crippen molar-refractivity contribution in [2.75, 3.05) is 13.2 Å². The Morgan fingerprint density at radius 2 is 1.75 bits per heavy atom. The number of rotatable bonds is 10. The third-order valence-corrected chi connectivity index (χ3v) is 5.27. The number of terminal acetylenes is 1. The lowest BCUT2D eigenvalue weighted by atomic mass is 9.97. The maximum absolute atomic E-state index is 13.6. The highest BCUT2D eigenvalue weighted by Gasteiger charge is 2.37. The van der Waals surface area contributed by atoms with Crippen LogP contribution in [0.15, 0.2) is 18.2 Å². The molecule has 0 fully saturated rings. The topological polar surface area (TPSA) is 114 Å². The number of carbonyl (C=O) groups excluding carboxylic acids is 4. The largest absolute Gasteiger partial charge is 0.466 e. The number of nitrogens with zero attached hydrogens (tertiary/aromatic N) is 1. The van der Waals surface area contributed by atoms with Crippen LogP contribution in [0.5, 0.6) is 0 Å². The molecule has 36 heavy (non-hydrogen) atoms. The highest BCUT2D eigenvalue weighted by molar-refractivity contribution is 5.93. The fourth-order valence-corrected chi connectivity index (χ4v) is 3.33. The number of nitrogens with one attached hydrogen (secondary N) is 2. The maximum Gasteiger partial charge on any atom is 0.408 e. The van der Waals surface area contributed by atoms with Crippen molar-refractivity contribution < 1.29 is 28.7 Å². The quantitative estimate of drug-likeness (QED) is 0.289. The molecular weight excluding hydrogens is 462 g/mol. The van der Waals surface area contributed by atoms with Crippen LogP contribution in [0.4, 0.5) is 4.79 Å². The van der Waals surface area contributed by atoms with Crippen molar-refractivity contribution in [1.82, 2.24) is 15.5 Å². The average Bonchev–Trinajstić information content (AvgIpc) is 2.76. The SMILES string of the molecule is C#CN(C(=O)C(NC(=O)OC(C)(C)C)C(C)C)C(C(=O)NCCC(=O)OCC)c1ccc(C)c(C)c1. The molecule has 198 valence electrons. The van der Waals surface area contributed by atoms with Crippen LogP contribution >= 0.6 is 0 Å². The number of hydrogen-bond donors (Lipinski definition) is 2. The molecular formula is C27H39N3O6. The number of benzene rings is 1. The summed E-state index contributed by atoms with van der Waals surface area (Å²) in [5.74, 6) is -2.00. The van der Waals surface area contributed by atoms with Gasteiger partial charge in [-0.15, -0.1) is 0 Å². The highest BCUT2D eigenvalue weighted by Crippen LogP contribution is 2.25. The molecule has 0 aliphatic carbocycles. The molecule has 0 spiro atoms. The van der Waals surface area contributed by atoms with Gasteiger partial charge in [0.25, 0.3) is 5.91 Å². The Labute approximate surface area is 214 Å². The Bertz CT molecular complexity index is 990. The molecule has 3 amide bonds. The lowest BCUT2D eigenvalue weighted by Gasteiger charge is -2.32. The second kappa shape index (κ2) is 13.5. The minimum absolute atomic E-state index is 0.00931. The first-order valence-electron chi connectivity index (χ1n) is 12.0. The van der Waals surface area contributed by atoms with Crippen molar-refractivity contribution in [3.63, 3.8) is 0 Å². The summed E-state index contributed by atoms with van der Waals surface area (Å²) in [6, 6.07) is 5.44. The smallest absolute Gasteiger partial charge is 0.408 e. The van der Waals surface area contributed by atoms with Crippen molar-refractivity contribution in [3.8, 4) is 12.5 Å². The van der Waals surface area contributed by atoms with Crippen LogP contribution in [-0.4, -0.2) is 53.6 Å². The molecule has 2 atom stereocenters. The summed E-state index contributed by atoms with van der Waals surface area (Å²) in [6.07, 6.45) is 4.96. The molecule has 0 aromatic heterocycles. The Kier molecular flexibility index (Phi) is 11.5. The number of hydrogen-bond acceptors (Lipinski definition) is 6. The van der Waals surface area contributed by atoms with Crippen LogP contribution in [0.2, 0.25) is 0 Å². The second-order valence-electron chi connectivity index (χ2n) is 9.80. The molecule has 1 aromatic rings. The van der Waals surface area contributed by atoms with E-state index < -0.39 is 41.6 Å². The standard InChI is InChI=1S/C27H39N3O6/c1-10-30(25(33)22(17(3)4)29-26(34)36-27(7,8)9)23(20-13-12-18(5)19(6)16-20)24(32)28-15-14-21(31)35-11-2/h1,12-13,16-17,22-23H,11,14-15H2,2-9H3,(H,28,32)(H,29,34). The second-order valence-corrected chi connectivity index (χ2v) is 9.80. The molecule has 0 bridgehead atoms. The van der Waals surface area contributed by atoms with Crippen LogP contribution in [0.25, 0.3) is 0 Å². The van der Waals surface area contributed by atoms with Gasteiger partial charge >= 0.3 is 12.1 Å². The molecule has 2 unspecified atom stereocenters. The summed E-state index contributed by atoms with van der Waals surface area (Å²) in [4.78, 5) is 52.0. The van der Waals surface area contributed by atoms with Gasteiger partial charge < -0.3 is 20.1 Å². The van der Waals surface area contributed by atoms with Gasteiger partial charge in [-0.1, -0.05) is 38.5 Å². The molecule has 0 saturated heterocycles. The van der Waals surface area contributed by atoms with E-state index in [-0.39, 0.29) is 25.5 Å². The van der Waals surface area contributed by atoms with Crippen molar-refractivity contribution in [1.29, 1.82) is 0 Å². The van der Waals surface area contributed by atoms with Gasteiger partial charge in [0, 0.05) is 12.6 Å². The average molecular weight is 502 g/mol. The van der Waals surface area contributed by atoms with Crippen LogP contribution in [0, 0.1) is 32.2 Å². The third-order valence-electron chi connectivity index (χ3n) is 5.27. The summed E-state index contributed by atoms with van der Waals surface area (Å²) >= 11 is 0. The van der Waals surface area contributed by atoms with E-state index in [9.17, 15) is 19.2 Å². The Morgan fingerprint density at radius 3 is 2.25 bits per heavy atom. The molecule has 0 radical (unpaired) electrons. The summed E-state index contributed by atoms with van der Waals surface area (Å²) in [7, 11) is 0. The zero-order valence-corrected chi connectivity index (χ0v) is 22.6. The molecule has 0 aliphatic rings. The molecule has 0 heterocycles. The zero-order valence-electron chi connectivity index (χ0n) is 22.6. The number of carbonyl (C=O) groups is 4. The summed E-state index contributed by atoms with van der Waals surface area (Å²) in [5, 5.41) is 5.26.